The molecule has 2 bridgehead atoms. The molecule has 1 aromatic carbocycles. The van der Waals surface area contributed by atoms with E-state index >= 15 is 0 Å². The first-order valence-electron chi connectivity index (χ1n) is 11.4. The second-order valence-corrected chi connectivity index (χ2v) is 12.5. The molecule has 9 heteroatoms. The third kappa shape index (κ3) is 6.16. The Labute approximate surface area is 195 Å². The van der Waals surface area contributed by atoms with Crippen LogP contribution in [0.1, 0.15) is 58.9 Å². The zero-order valence-electron chi connectivity index (χ0n) is 19.6. The number of carbonyl (C=O) groups excluding carboxylic acids is 2. The Balaban J connectivity index is 1.80. The number of hydrogen-bond donors (Lipinski definition) is 1. The predicted molar refractivity (Wildman–Crippen MR) is 121 cm³/mol. The first-order valence-corrected chi connectivity index (χ1v) is 12.8. The van der Waals surface area contributed by atoms with Crippen LogP contribution in [0.4, 0.5) is 13.2 Å². The summed E-state index contributed by atoms with van der Waals surface area (Å²) >= 11 is 0. The molecule has 0 aromatic heterocycles. The molecule has 1 aromatic rings. The molecule has 1 unspecified atom stereocenters. The fraction of sp³-hybridized carbons (Fsp3) is 0.667. The summed E-state index contributed by atoms with van der Waals surface area (Å²) in [4.78, 5) is 25.7. The Morgan fingerprint density at radius 3 is 2.21 bits per heavy atom. The van der Waals surface area contributed by atoms with Gasteiger partial charge in [-0.05, 0) is 76.3 Å². The van der Waals surface area contributed by atoms with E-state index in [1.165, 1.54) is 6.92 Å². The minimum atomic E-state index is -1.23. The highest BCUT2D eigenvalue weighted by molar-refractivity contribution is 7.86. The van der Waals surface area contributed by atoms with E-state index in [9.17, 15) is 27.0 Å². The van der Waals surface area contributed by atoms with Gasteiger partial charge in [-0.1, -0.05) is 0 Å². The smallest absolute Gasteiger partial charge is 0.242 e. The summed E-state index contributed by atoms with van der Waals surface area (Å²) in [5, 5.41) is 2.56. The number of amides is 2. The van der Waals surface area contributed by atoms with E-state index in [2.05, 4.69) is 5.32 Å². The van der Waals surface area contributed by atoms with Crippen molar-refractivity contribution in [3.63, 3.8) is 0 Å². The van der Waals surface area contributed by atoms with E-state index in [0.29, 0.717) is 24.7 Å². The molecular formula is C24H33F3N2O3S. The second-order valence-electron chi connectivity index (χ2n) is 10.3. The number of carbonyl (C=O) groups is 2. The maximum atomic E-state index is 14.4. The van der Waals surface area contributed by atoms with Gasteiger partial charge in [0.05, 0.1) is 6.54 Å². The lowest BCUT2D eigenvalue weighted by Gasteiger charge is -2.42. The Morgan fingerprint density at radius 1 is 1.09 bits per heavy atom. The van der Waals surface area contributed by atoms with Crippen LogP contribution in [0.2, 0.25) is 0 Å². The van der Waals surface area contributed by atoms with Crippen LogP contribution in [0.25, 0.3) is 0 Å². The molecule has 0 radical (unpaired) electrons. The Bertz CT molecular complexity index is 920. The topological polar surface area (TPSA) is 66.5 Å². The van der Waals surface area contributed by atoms with Crippen LogP contribution in [0.3, 0.4) is 0 Å². The lowest BCUT2D eigenvalue weighted by molar-refractivity contribution is -0.137. The highest BCUT2D eigenvalue weighted by Crippen LogP contribution is 2.43. The Morgan fingerprint density at radius 2 is 1.67 bits per heavy atom. The molecule has 2 fully saturated rings. The third-order valence-electron chi connectivity index (χ3n) is 6.83. The molecule has 2 aliphatic heterocycles. The van der Waals surface area contributed by atoms with E-state index in [1.54, 1.807) is 0 Å². The molecule has 0 saturated carbocycles. The van der Waals surface area contributed by atoms with Gasteiger partial charge in [-0.25, -0.2) is 13.2 Å². The van der Waals surface area contributed by atoms with Crippen molar-refractivity contribution in [2.75, 3.05) is 12.3 Å². The first-order chi connectivity index (χ1) is 15.4. The predicted octanol–water partition coefficient (Wildman–Crippen LogP) is 3.72. The Kier molecular flexibility index (Phi) is 7.91. The summed E-state index contributed by atoms with van der Waals surface area (Å²) in [6.07, 6.45) is 3.22. The summed E-state index contributed by atoms with van der Waals surface area (Å²) < 4.78 is 54.2. The quantitative estimate of drug-likeness (QED) is 0.598. The molecule has 2 aliphatic rings. The number of nitrogens with one attached hydrogen (secondary N) is 1. The number of halogens is 3. The summed E-state index contributed by atoms with van der Waals surface area (Å²) in [7, 11) is -1.21. The second kappa shape index (κ2) is 10.2. The molecule has 2 amide bonds. The van der Waals surface area contributed by atoms with Gasteiger partial charge in [-0.15, -0.1) is 0 Å². The van der Waals surface area contributed by atoms with E-state index in [4.69, 9.17) is 0 Å². The number of rotatable bonds is 7. The van der Waals surface area contributed by atoms with Gasteiger partial charge in [0.15, 0.2) is 11.6 Å². The van der Waals surface area contributed by atoms with Gasteiger partial charge in [-0.3, -0.25) is 13.8 Å². The van der Waals surface area contributed by atoms with Gasteiger partial charge < -0.3 is 10.2 Å². The van der Waals surface area contributed by atoms with Gasteiger partial charge in [0, 0.05) is 46.4 Å². The Hall–Kier alpha value is -1.90. The lowest BCUT2D eigenvalue weighted by atomic mass is 9.78. The van der Waals surface area contributed by atoms with Gasteiger partial charge in [0.25, 0.3) is 0 Å². The van der Waals surface area contributed by atoms with Crippen LogP contribution in [0.15, 0.2) is 12.1 Å². The summed E-state index contributed by atoms with van der Waals surface area (Å²) in [5.74, 6) is -3.29. The van der Waals surface area contributed by atoms with Crippen molar-refractivity contribution in [2.24, 2.45) is 11.8 Å². The largest absolute Gasteiger partial charge is 0.347 e. The lowest BCUT2D eigenvalue weighted by Crippen LogP contribution is -2.51. The van der Waals surface area contributed by atoms with Gasteiger partial charge in [0.1, 0.15) is 5.82 Å². The fourth-order valence-electron chi connectivity index (χ4n) is 5.11. The van der Waals surface area contributed by atoms with Crippen molar-refractivity contribution in [3.05, 3.63) is 35.1 Å². The zero-order valence-corrected chi connectivity index (χ0v) is 20.4. The molecule has 1 N–H and O–H groups in total. The van der Waals surface area contributed by atoms with Crippen molar-refractivity contribution in [1.82, 2.24) is 10.2 Å². The molecule has 33 heavy (non-hydrogen) atoms. The van der Waals surface area contributed by atoms with Gasteiger partial charge >= 0.3 is 0 Å². The van der Waals surface area contributed by atoms with Crippen molar-refractivity contribution in [3.8, 4) is 0 Å². The maximum Gasteiger partial charge on any atom is 0.242 e. The van der Waals surface area contributed by atoms with Crippen LogP contribution >= 0.6 is 0 Å². The maximum absolute atomic E-state index is 14.4. The van der Waals surface area contributed by atoms with Crippen molar-refractivity contribution >= 4 is 22.6 Å². The van der Waals surface area contributed by atoms with E-state index in [-0.39, 0.29) is 54.3 Å². The van der Waals surface area contributed by atoms with Crippen molar-refractivity contribution in [2.45, 2.75) is 76.6 Å². The number of piperidine rings is 1. The van der Waals surface area contributed by atoms with E-state index < -0.39 is 33.0 Å². The summed E-state index contributed by atoms with van der Waals surface area (Å²) in [6, 6.07) is 1.49. The summed E-state index contributed by atoms with van der Waals surface area (Å²) in [5.41, 5.74) is 0.0846. The zero-order chi connectivity index (χ0) is 24.5. The molecule has 3 rings (SSSR count). The van der Waals surface area contributed by atoms with Gasteiger partial charge in [0.2, 0.25) is 11.8 Å². The number of benzene rings is 1. The third-order valence-corrected chi connectivity index (χ3v) is 8.93. The van der Waals surface area contributed by atoms with E-state index in [0.717, 1.165) is 18.9 Å². The highest BCUT2D eigenvalue weighted by Gasteiger charge is 2.45. The molecule has 2 heterocycles. The number of hydrogen-bond acceptors (Lipinski definition) is 3. The van der Waals surface area contributed by atoms with Crippen molar-refractivity contribution in [1.29, 1.82) is 0 Å². The van der Waals surface area contributed by atoms with Crippen LogP contribution < -0.4 is 5.32 Å². The highest BCUT2D eigenvalue weighted by atomic mass is 32.2. The minimum Gasteiger partial charge on any atom is -0.347 e. The van der Waals surface area contributed by atoms with Crippen LogP contribution in [-0.4, -0.2) is 50.1 Å². The van der Waals surface area contributed by atoms with E-state index in [1.807, 2.05) is 25.7 Å². The van der Waals surface area contributed by atoms with Crippen LogP contribution in [-0.2, 0) is 26.8 Å². The average Bonchev–Trinajstić information content (AvgIpc) is 2.98. The summed E-state index contributed by atoms with van der Waals surface area (Å²) in [6.45, 7) is 6.97. The fourth-order valence-corrected chi connectivity index (χ4v) is 6.39. The van der Waals surface area contributed by atoms with Gasteiger partial charge in [-0.2, -0.15) is 0 Å². The molecule has 184 valence electrons. The molecule has 2 saturated heterocycles. The molecule has 5 nitrogen and oxygen atoms in total. The minimum absolute atomic E-state index is 0.00961. The molecule has 0 aliphatic carbocycles. The van der Waals surface area contributed by atoms with Crippen molar-refractivity contribution < 1.29 is 27.0 Å². The molecule has 0 spiro atoms. The first kappa shape index (κ1) is 25.7. The molecule has 5 atom stereocenters. The monoisotopic (exact) mass is 486 g/mol. The molecular weight excluding hydrogens is 453 g/mol. The van der Waals surface area contributed by atoms with Crippen LogP contribution in [0.5, 0.6) is 0 Å². The standard InChI is InChI=1S/C24H33F3N2O3S/c1-14(30)28-12-23(31)29-18-5-6-19(29)9-15(8-18)17(13-33(32)24(2,3)4)7-16-10-21(26)22(27)11-20(16)25/h10-11,15,17-19H,5-9,12-13H2,1-4H3,(H,28,30)/t15?,17-,18-,19+,33-/m1/s1. The SMILES string of the molecule is CC(=O)NCC(=O)N1[C@@H]2CC[C@H]1CC([C@H](Cc1cc(F)c(F)cc1F)C[S@@](=O)C(C)(C)C)C2. The van der Waals surface area contributed by atoms with Crippen LogP contribution in [0, 0.1) is 29.3 Å². The average molecular weight is 487 g/mol. The number of fused-ring (bicyclic) bond motifs is 2. The number of nitrogens with zero attached hydrogens (tertiary/aromatic N) is 1. The normalized spacial score (nSPS) is 24.5.